The molecule has 2 saturated carbocycles. The monoisotopic (exact) mass is 541 g/mol. The smallest absolute Gasteiger partial charge is 0.349 e. The number of rotatable bonds is 9. The second-order valence-electron chi connectivity index (χ2n) is 11.4. The van der Waals surface area contributed by atoms with Crippen LogP contribution in [0.3, 0.4) is 0 Å². The summed E-state index contributed by atoms with van der Waals surface area (Å²) in [7, 11) is 0. The number of carbonyl (C=O) groups excluding carboxylic acids is 1. The van der Waals surface area contributed by atoms with Gasteiger partial charge in [0.1, 0.15) is 40.6 Å². The normalized spacial score (nSPS) is 21.5. The second kappa shape index (κ2) is 12.9. The average molecular weight is 542 g/mol. The van der Waals surface area contributed by atoms with E-state index in [0.29, 0.717) is 17.9 Å². The van der Waals surface area contributed by atoms with Crippen LogP contribution in [0.1, 0.15) is 100 Å². The molecule has 39 heavy (non-hydrogen) atoms. The molecule has 0 spiro atoms. The number of carbonyl (C=O) groups is 1. The zero-order chi connectivity index (χ0) is 28.0. The Hall–Kier alpha value is -3.01. The molecule has 4 nitrogen and oxygen atoms in total. The summed E-state index contributed by atoms with van der Waals surface area (Å²) in [5, 5.41) is 8.80. The fourth-order valence-corrected chi connectivity index (χ4v) is 6.99. The molecule has 7 heteroatoms. The number of nitriles is 1. The van der Waals surface area contributed by atoms with Gasteiger partial charge < -0.3 is 9.47 Å². The van der Waals surface area contributed by atoms with Gasteiger partial charge >= 0.3 is 5.97 Å². The molecule has 0 aliphatic heterocycles. The van der Waals surface area contributed by atoms with Gasteiger partial charge in [-0.05, 0) is 73.8 Å². The molecular weight excluding hydrogens is 503 g/mol. The van der Waals surface area contributed by atoms with Gasteiger partial charge in [-0.3, -0.25) is 0 Å². The highest BCUT2D eigenvalue weighted by molar-refractivity contribution is 5.91. The minimum atomic E-state index is -1.30. The molecule has 2 aliphatic carbocycles. The molecule has 0 radical (unpaired) electrons. The van der Waals surface area contributed by atoms with Crippen LogP contribution in [0, 0.1) is 52.0 Å². The third-order valence-corrected chi connectivity index (χ3v) is 9.12. The van der Waals surface area contributed by atoms with Crippen LogP contribution in [-0.4, -0.2) is 12.6 Å². The van der Waals surface area contributed by atoms with Gasteiger partial charge in [0, 0.05) is 18.2 Å². The van der Waals surface area contributed by atoms with Crippen LogP contribution in [0.15, 0.2) is 30.3 Å². The molecule has 0 N–H and O–H groups in total. The number of nitrogens with zero attached hydrogens (tertiary/aromatic N) is 1. The highest BCUT2D eigenvalue weighted by atomic mass is 19.1. The first-order valence-corrected chi connectivity index (χ1v) is 14.3. The van der Waals surface area contributed by atoms with Crippen molar-refractivity contribution in [1.29, 1.82) is 5.26 Å². The van der Waals surface area contributed by atoms with Crippen LogP contribution in [0.25, 0.3) is 0 Å². The minimum absolute atomic E-state index is 0.0217. The van der Waals surface area contributed by atoms with Crippen LogP contribution in [0.5, 0.6) is 11.5 Å². The van der Waals surface area contributed by atoms with E-state index in [1.807, 2.05) is 0 Å². The lowest BCUT2D eigenvalue weighted by molar-refractivity contribution is -0.00391. The molecule has 2 fully saturated rings. The Morgan fingerprint density at radius 2 is 1.64 bits per heavy atom. The molecule has 2 aromatic rings. The van der Waals surface area contributed by atoms with Crippen molar-refractivity contribution in [1.82, 2.24) is 0 Å². The summed E-state index contributed by atoms with van der Waals surface area (Å²) in [6.07, 6.45) is 13.6. The Balaban J connectivity index is 1.34. The van der Waals surface area contributed by atoms with Gasteiger partial charge in [-0.2, -0.15) is 5.26 Å². The van der Waals surface area contributed by atoms with Gasteiger partial charge in [0.15, 0.2) is 0 Å². The summed E-state index contributed by atoms with van der Waals surface area (Å²) in [4.78, 5) is 12.4. The van der Waals surface area contributed by atoms with Gasteiger partial charge in [0.25, 0.3) is 0 Å². The summed E-state index contributed by atoms with van der Waals surface area (Å²) in [5.41, 5.74) is -0.659. The van der Waals surface area contributed by atoms with Gasteiger partial charge in [0.2, 0.25) is 0 Å². The minimum Gasteiger partial charge on any atom is -0.493 e. The molecule has 2 aromatic carbocycles. The van der Waals surface area contributed by atoms with Gasteiger partial charge in [-0.1, -0.05) is 46.0 Å². The number of hydrogen-bond donors (Lipinski definition) is 0. The molecule has 0 aromatic heterocycles. The van der Waals surface area contributed by atoms with Crippen molar-refractivity contribution in [3.05, 3.63) is 58.9 Å². The van der Waals surface area contributed by atoms with E-state index in [9.17, 15) is 18.0 Å². The second-order valence-corrected chi connectivity index (χ2v) is 11.4. The third kappa shape index (κ3) is 6.59. The largest absolute Gasteiger partial charge is 0.493 e. The number of benzene rings is 2. The SMILES string of the molecule is CCCC(C)C1(C2CCC(COc3cc(F)c(C(=O)Oc4ccc(C#N)c(F)c4)c(F)c3)CC2)CCCCC1. The summed E-state index contributed by atoms with van der Waals surface area (Å²) in [5.74, 6) is -2.86. The Morgan fingerprint density at radius 1 is 1.00 bits per heavy atom. The number of hydrogen-bond acceptors (Lipinski definition) is 4. The van der Waals surface area contributed by atoms with Crippen LogP contribution in [-0.2, 0) is 0 Å². The van der Waals surface area contributed by atoms with Gasteiger partial charge in [0.05, 0.1) is 12.2 Å². The van der Waals surface area contributed by atoms with E-state index in [1.54, 1.807) is 6.07 Å². The predicted octanol–water partition coefficient (Wildman–Crippen LogP) is 8.77. The van der Waals surface area contributed by atoms with Crippen LogP contribution < -0.4 is 9.47 Å². The molecule has 2 aliphatic rings. The van der Waals surface area contributed by atoms with E-state index in [-0.39, 0.29) is 17.1 Å². The van der Waals surface area contributed by atoms with Gasteiger partial charge in [-0.25, -0.2) is 18.0 Å². The van der Waals surface area contributed by atoms with E-state index in [4.69, 9.17) is 14.7 Å². The maximum absolute atomic E-state index is 14.7. The first-order valence-electron chi connectivity index (χ1n) is 14.3. The molecule has 1 atom stereocenters. The lowest BCUT2D eigenvalue weighted by Crippen LogP contribution is -2.41. The summed E-state index contributed by atoms with van der Waals surface area (Å²) < 4.78 is 53.9. The molecule has 4 rings (SSSR count). The lowest BCUT2D eigenvalue weighted by atomic mass is 9.55. The van der Waals surface area contributed by atoms with Crippen molar-refractivity contribution >= 4 is 5.97 Å². The maximum Gasteiger partial charge on any atom is 0.349 e. The fraction of sp³-hybridized carbons (Fsp3) is 0.562. The highest BCUT2D eigenvalue weighted by Crippen LogP contribution is 2.54. The van der Waals surface area contributed by atoms with E-state index in [1.165, 1.54) is 63.9 Å². The summed E-state index contributed by atoms with van der Waals surface area (Å²) in [6, 6.07) is 6.73. The quantitative estimate of drug-likeness (QED) is 0.235. The van der Waals surface area contributed by atoms with E-state index in [2.05, 4.69) is 13.8 Å². The number of ether oxygens (including phenoxy) is 2. The molecule has 0 amide bonds. The third-order valence-electron chi connectivity index (χ3n) is 9.12. The van der Waals surface area contributed by atoms with Crippen molar-refractivity contribution in [2.45, 2.75) is 84.5 Å². The Labute approximate surface area is 229 Å². The van der Waals surface area contributed by atoms with Crippen molar-refractivity contribution in [3.8, 4) is 17.6 Å². The Bertz CT molecular complexity index is 1170. The fourth-order valence-electron chi connectivity index (χ4n) is 6.99. The standard InChI is InChI=1S/C32H38F3NO3/c1-3-7-21(2)32(14-5-4-6-15-32)24-11-8-22(9-12-24)20-38-26-17-28(34)30(29(35)18-26)31(37)39-25-13-10-23(19-36)27(33)16-25/h10,13,16-18,21-22,24H,3-9,11-12,14-15,20H2,1-2H3. The van der Waals surface area contributed by atoms with Crippen LogP contribution >= 0.6 is 0 Å². The topological polar surface area (TPSA) is 59.3 Å². The number of esters is 1. The highest BCUT2D eigenvalue weighted by Gasteiger charge is 2.44. The zero-order valence-corrected chi connectivity index (χ0v) is 22.9. The Kier molecular flexibility index (Phi) is 9.58. The summed E-state index contributed by atoms with van der Waals surface area (Å²) in [6.45, 7) is 5.10. The van der Waals surface area contributed by atoms with E-state index < -0.39 is 29.0 Å². The maximum atomic E-state index is 14.7. The first kappa shape index (κ1) is 29.0. The van der Waals surface area contributed by atoms with E-state index >= 15 is 0 Å². The molecule has 0 bridgehead atoms. The van der Waals surface area contributed by atoms with Crippen molar-refractivity contribution in [3.63, 3.8) is 0 Å². The first-order chi connectivity index (χ1) is 18.8. The van der Waals surface area contributed by atoms with Crippen molar-refractivity contribution in [2.75, 3.05) is 6.61 Å². The van der Waals surface area contributed by atoms with E-state index in [0.717, 1.165) is 48.9 Å². The lowest BCUT2D eigenvalue weighted by Gasteiger charge is -2.50. The average Bonchev–Trinajstić information content (AvgIpc) is 2.92. The molecule has 0 heterocycles. The van der Waals surface area contributed by atoms with Crippen molar-refractivity contribution < 1.29 is 27.4 Å². The van der Waals surface area contributed by atoms with Crippen LogP contribution in [0.4, 0.5) is 13.2 Å². The van der Waals surface area contributed by atoms with Gasteiger partial charge in [-0.15, -0.1) is 0 Å². The zero-order valence-electron chi connectivity index (χ0n) is 22.9. The molecule has 0 saturated heterocycles. The Morgan fingerprint density at radius 3 is 2.23 bits per heavy atom. The predicted molar refractivity (Wildman–Crippen MR) is 143 cm³/mol. The number of halogens is 3. The summed E-state index contributed by atoms with van der Waals surface area (Å²) >= 11 is 0. The molecule has 1 unspecified atom stereocenters. The van der Waals surface area contributed by atoms with Crippen molar-refractivity contribution in [2.24, 2.45) is 23.2 Å². The van der Waals surface area contributed by atoms with Crippen LogP contribution in [0.2, 0.25) is 0 Å². The molecule has 210 valence electrons. The molecular formula is C32H38F3NO3.